The summed E-state index contributed by atoms with van der Waals surface area (Å²) in [6.45, 7) is 0.301. The van der Waals surface area contributed by atoms with Crippen LogP contribution >= 0.6 is 8.69 Å². The standard InChI is InChI=1S/C3H6NO2P/c4-2-1-3-6-7-5/h1,3,7H2. The molecule has 4 heteroatoms. The Morgan fingerprint density at radius 1 is 1.86 bits per heavy atom. The van der Waals surface area contributed by atoms with Crippen molar-refractivity contribution < 1.29 is 9.09 Å². The molecule has 0 aliphatic heterocycles. The summed E-state index contributed by atoms with van der Waals surface area (Å²) in [6.07, 6.45) is 0.329. The van der Waals surface area contributed by atoms with Crippen molar-refractivity contribution in [3.05, 3.63) is 0 Å². The summed E-state index contributed by atoms with van der Waals surface area (Å²) in [7, 11) is -1.12. The van der Waals surface area contributed by atoms with E-state index in [-0.39, 0.29) is 0 Å². The topological polar surface area (TPSA) is 50.1 Å². The quantitative estimate of drug-likeness (QED) is 0.403. The molecule has 0 amide bonds. The fraction of sp³-hybridized carbons (Fsp3) is 0.667. The van der Waals surface area contributed by atoms with Crippen molar-refractivity contribution in [3.8, 4) is 6.07 Å². The molecule has 0 aromatic heterocycles. The zero-order valence-corrected chi connectivity index (χ0v) is 4.91. The lowest BCUT2D eigenvalue weighted by Gasteiger charge is -1.82. The van der Waals surface area contributed by atoms with E-state index in [0.717, 1.165) is 0 Å². The monoisotopic (exact) mass is 119 g/mol. The zero-order valence-electron chi connectivity index (χ0n) is 3.76. The van der Waals surface area contributed by atoms with Crippen LogP contribution in [-0.2, 0) is 9.09 Å². The van der Waals surface area contributed by atoms with Crippen molar-refractivity contribution in [1.82, 2.24) is 0 Å². The van der Waals surface area contributed by atoms with Crippen molar-refractivity contribution >= 4 is 8.69 Å². The molecule has 0 aromatic carbocycles. The number of nitriles is 1. The van der Waals surface area contributed by atoms with Crippen LogP contribution in [0.1, 0.15) is 6.42 Å². The van der Waals surface area contributed by atoms with Crippen LogP contribution in [0.4, 0.5) is 0 Å². The van der Waals surface area contributed by atoms with E-state index in [1.807, 2.05) is 6.07 Å². The Morgan fingerprint density at radius 2 is 2.57 bits per heavy atom. The van der Waals surface area contributed by atoms with Crippen LogP contribution in [0, 0.1) is 11.3 Å². The van der Waals surface area contributed by atoms with Gasteiger partial charge >= 0.3 is 0 Å². The maximum Gasteiger partial charge on any atom is 0.179 e. The third-order valence-corrected chi connectivity index (χ3v) is 0.772. The molecule has 40 valence electrons. The molecule has 0 aliphatic rings. The number of nitrogens with zero attached hydrogens (tertiary/aromatic N) is 1. The molecule has 1 atom stereocenters. The SMILES string of the molecule is N#CCCO[PH2]=O. The van der Waals surface area contributed by atoms with E-state index in [4.69, 9.17) is 5.26 Å². The van der Waals surface area contributed by atoms with Crippen molar-refractivity contribution in [2.45, 2.75) is 6.42 Å². The molecule has 0 rings (SSSR count). The minimum atomic E-state index is -1.12. The van der Waals surface area contributed by atoms with Gasteiger partial charge in [0.05, 0.1) is 19.1 Å². The van der Waals surface area contributed by atoms with E-state index in [0.29, 0.717) is 13.0 Å². The van der Waals surface area contributed by atoms with Crippen LogP contribution in [0.25, 0.3) is 0 Å². The molecule has 1 unspecified atom stereocenters. The van der Waals surface area contributed by atoms with Gasteiger partial charge in [-0.1, -0.05) is 0 Å². The van der Waals surface area contributed by atoms with E-state index in [1.54, 1.807) is 0 Å². The van der Waals surface area contributed by atoms with Gasteiger partial charge in [-0.2, -0.15) is 5.26 Å². The van der Waals surface area contributed by atoms with Crippen molar-refractivity contribution in [2.75, 3.05) is 6.61 Å². The first-order valence-corrected chi connectivity index (χ1v) is 2.78. The minimum absolute atomic E-state index is 0.301. The molecule has 0 saturated carbocycles. The molecule has 0 spiro atoms. The van der Waals surface area contributed by atoms with Gasteiger partial charge in [-0.05, 0) is 0 Å². The van der Waals surface area contributed by atoms with Gasteiger partial charge in [0, 0.05) is 0 Å². The molecule has 7 heavy (non-hydrogen) atoms. The second-order valence-electron chi connectivity index (χ2n) is 0.875. The molecule has 0 aromatic rings. The number of rotatable bonds is 3. The summed E-state index contributed by atoms with van der Waals surface area (Å²) in [4.78, 5) is 0. The van der Waals surface area contributed by atoms with Crippen LogP contribution in [0.15, 0.2) is 0 Å². The van der Waals surface area contributed by atoms with Gasteiger partial charge in [0.2, 0.25) is 0 Å². The Balaban J connectivity index is 2.72. The smallest absolute Gasteiger partial charge is 0.179 e. The summed E-state index contributed by atoms with van der Waals surface area (Å²) in [5.41, 5.74) is 0. The molecular formula is C3H6NO2P. The first-order valence-electron chi connectivity index (χ1n) is 1.84. The molecule has 0 heterocycles. The van der Waals surface area contributed by atoms with Gasteiger partial charge in [-0.3, -0.25) is 4.57 Å². The van der Waals surface area contributed by atoms with Crippen molar-refractivity contribution in [1.29, 1.82) is 5.26 Å². The van der Waals surface area contributed by atoms with Gasteiger partial charge < -0.3 is 4.52 Å². The summed E-state index contributed by atoms with van der Waals surface area (Å²) < 4.78 is 13.9. The molecule has 0 bridgehead atoms. The largest absolute Gasteiger partial charge is 0.331 e. The lowest BCUT2D eigenvalue weighted by Crippen LogP contribution is -1.77. The maximum atomic E-state index is 9.56. The van der Waals surface area contributed by atoms with E-state index >= 15 is 0 Å². The lowest BCUT2D eigenvalue weighted by atomic mass is 10.5. The summed E-state index contributed by atoms with van der Waals surface area (Å²) in [6, 6.07) is 1.85. The Labute approximate surface area is 43.2 Å². The van der Waals surface area contributed by atoms with Gasteiger partial charge in [-0.15, -0.1) is 0 Å². The van der Waals surface area contributed by atoms with Crippen LogP contribution in [-0.4, -0.2) is 6.61 Å². The van der Waals surface area contributed by atoms with Crippen molar-refractivity contribution in [3.63, 3.8) is 0 Å². The lowest BCUT2D eigenvalue weighted by molar-refractivity contribution is 0.352. The Morgan fingerprint density at radius 3 is 3.00 bits per heavy atom. The molecule has 0 radical (unpaired) electrons. The van der Waals surface area contributed by atoms with E-state index in [2.05, 4.69) is 4.52 Å². The summed E-state index contributed by atoms with van der Waals surface area (Å²) >= 11 is 0. The zero-order chi connectivity index (χ0) is 5.54. The van der Waals surface area contributed by atoms with Crippen LogP contribution in [0.3, 0.4) is 0 Å². The fourth-order valence-corrected chi connectivity index (χ4v) is 0.367. The number of hydrogen-bond donors (Lipinski definition) is 0. The normalized spacial score (nSPS) is 9.57. The second-order valence-corrected chi connectivity index (χ2v) is 1.40. The second kappa shape index (κ2) is 5.68. The molecule has 0 fully saturated rings. The minimum Gasteiger partial charge on any atom is -0.331 e. The van der Waals surface area contributed by atoms with E-state index in [1.165, 1.54) is 0 Å². The van der Waals surface area contributed by atoms with Gasteiger partial charge in [-0.25, -0.2) is 0 Å². The number of hydrogen-bond acceptors (Lipinski definition) is 3. The molecule has 0 saturated heterocycles. The third kappa shape index (κ3) is 5.68. The molecular weight excluding hydrogens is 113 g/mol. The van der Waals surface area contributed by atoms with Crippen molar-refractivity contribution in [2.24, 2.45) is 0 Å². The predicted octanol–water partition coefficient (Wildman–Crippen LogP) is 0.588. The van der Waals surface area contributed by atoms with Crippen LogP contribution < -0.4 is 0 Å². The molecule has 0 aliphatic carbocycles. The van der Waals surface area contributed by atoms with E-state index in [9.17, 15) is 4.57 Å². The highest BCUT2D eigenvalue weighted by Gasteiger charge is 1.77. The highest BCUT2D eigenvalue weighted by molar-refractivity contribution is 7.17. The summed E-state index contributed by atoms with van der Waals surface area (Å²) in [5, 5.41) is 7.87. The predicted molar refractivity (Wildman–Crippen MR) is 26.6 cm³/mol. The van der Waals surface area contributed by atoms with Crippen LogP contribution in [0.2, 0.25) is 0 Å². The molecule has 3 nitrogen and oxygen atoms in total. The van der Waals surface area contributed by atoms with Gasteiger partial charge in [0.1, 0.15) is 0 Å². The molecule has 0 N–H and O–H groups in total. The maximum absolute atomic E-state index is 9.56. The van der Waals surface area contributed by atoms with Gasteiger partial charge in [0.25, 0.3) is 0 Å². The highest BCUT2D eigenvalue weighted by atomic mass is 31.1. The first kappa shape index (κ1) is 6.68. The average molecular weight is 119 g/mol. The third-order valence-electron chi connectivity index (χ3n) is 0.400. The highest BCUT2D eigenvalue weighted by Crippen LogP contribution is 1.93. The Bertz CT molecular complexity index is 87.4. The first-order chi connectivity index (χ1) is 3.41. The average Bonchev–Trinajstić information content (AvgIpc) is 1.69. The van der Waals surface area contributed by atoms with Gasteiger partial charge in [0.15, 0.2) is 8.69 Å². The fourth-order valence-electron chi connectivity index (χ4n) is 0.153. The Hall–Kier alpha value is -0.320. The summed E-state index contributed by atoms with van der Waals surface area (Å²) in [5.74, 6) is 0. The van der Waals surface area contributed by atoms with E-state index < -0.39 is 8.69 Å². The Kier molecular flexibility index (Phi) is 5.42. The van der Waals surface area contributed by atoms with Crippen LogP contribution in [0.5, 0.6) is 0 Å².